The van der Waals surface area contributed by atoms with Crippen LogP contribution >= 0.6 is 22.6 Å². The van der Waals surface area contributed by atoms with E-state index < -0.39 is 17.8 Å². The SMILES string of the molecule is C=CCOc1c(I)cc(/C=C2\C(=O)NC(=O)N(c3cc4c5c(c3)[C@H](c3ccccc3)CCN5CC[C@@H]4c3ccccc3)C2=O)cc1OCC. The van der Waals surface area contributed by atoms with E-state index in [1.54, 1.807) is 12.1 Å². The number of ether oxygens (including phenoxy) is 2. The van der Waals surface area contributed by atoms with Crippen molar-refractivity contribution >= 4 is 57.9 Å². The molecular weight excluding hydrogens is 729 g/mol. The van der Waals surface area contributed by atoms with E-state index in [-0.39, 0.29) is 17.4 Å². The molecular formula is C40H36IN3O5. The maximum absolute atomic E-state index is 14.3. The lowest BCUT2D eigenvalue weighted by Gasteiger charge is -2.44. The number of carbonyl (C=O) groups excluding carboxylic acids is 3. The van der Waals surface area contributed by atoms with Gasteiger partial charge in [0.05, 0.1) is 15.9 Å². The summed E-state index contributed by atoms with van der Waals surface area (Å²) in [5.74, 6) is -0.226. The van der Waals surface area contributed by atoms with Crippen molar-refractivity contribution < 1.29 is 23.9 Å². The van der Waals surface area contributed by atoms with Crippen LogP contribution in [0.4, 0.5) is 16.2 Å². The van der Waals surface area contributed by atoms with Crippen molar-refractivity contribution in [3.63, 3.8) is 0 Å². The van der Waals surface area contributed by atoms with Crippen molar-refractivity contribution in [1.82, 2.24) is 5.32 Å². The molecule has 2 atom stereocenters. The van der Waals surface area contributed by atoms with Crippen LogP contribution in [-0.2, 0) is 9.59 Å². The van der Waals surface area contributed by atoms with E-state index in [9.17, 15) is 14.4 Å². The second-order valence-corrected chi connectivity index (χ2v) is 13.4. The summed E-state index contributed by atoms with van der Waals surface area (Å²) in [6.45, 7) is 8.12. The number of hydrogen-bond donors (Lipinski definition) is 1. The molecule has 248 valence electrons. The molecule has 0 radical (unpaired) electrons. The summed E-state index contributed by atoms with van der Waals surface area (Å²) in [5.41, 5.74) is 6.58. The van der Waals surface area contributed by atoms with Crippen LogP contribution in [0.25, 0.3) is 6.08 Å². The summed E-state index contributed by atoms with van der Waals surface area (Å²) in [6, 6.07) is 27.5. The molecule has 0 aromatic heterocycles. The van der Waals surface area contributed by atoms with Crippen molar-refractivity contribution in [2.24, 2.45) is 0 Å². The van der Waals surface area contributed by atoms with Gasteiger partial charge in [0.25, 0.3) is 11.8 Å². The zero-order valence-electron chi connectivity index (χ0n) is 27.2. The number of imide groups is 2. The predicted octanol–water partition coefficient (Wildman–Crippen LogP) is 7.80. The Kier molecular flexibility index (Phi) is 9.27. The van der Waals surface area contributed by atoms with Gasteiger partial charge in [-0.05, 0) is 101 Å². The van der Waals surface area contributed by atoms with E-state index in [1.807, 2.05) is 61.5 Å². The fraction of sp³-hybridized carbons (Fsp3) is 0.225. The van der Waals surface area contributed by atoms with Crippen LogP contribution in [0.3, 0.4) is 0 Å². The van der Waals surface area contributed by atoms with E-state index in [2.05, 4.69) is 63.7 Å². The maximum Gasteiger partial charge on any atom is 0.335 e. The quantitative estimate of drug-likeness (QED) is 0.0811. The molecule has 1 saturated heterocycles. The van der Waals surface area contributed by atoms with Gasteiger partial charge >= 0.3 is 6.03 Å². The smallest absolute Gasteiger partial charge is 0.335 e. The first-order valence-corrected chi connectivity index (χ1v) is 17.6. The summed E-state index contributed by atoms with van der Waals surface area (Å²) in [5, 5.41) is 2.43. The molecule has 0 unspecified atom stereocenters. The van der Waals surface area contributed by atoms with Gasteiger partial charge in [0.1, 0.15) is 12.2 Å². The summed E-state index contributed by atoms with van der Waals surface area (Å²) < 4.78 is 12.4. The largest absolute Gasteiger partial charge is 0.490 e. The van der Waals surface area contributed by atoms with Gasteiger partial charge in [-0.3, -0.25) is 14.9 Å². The van der Waals surface area contributed by atoms with Crippen LogP contribution in [0.1, 0.15) is 59.4 Å². The number of halogens is 1. The van der Waals surface area contributed by atoms with Crippen molar-refractivity contribution in [2.45, 2.75) is 31.6 Å². The number of urea groups is 1. The molecule has 1 fully saturated rings. The molecule has 3 aliphatic heterocycles. The summed E-state index contributed by atoms with van der Waals surface area (Å²) in [4.78, 5) is 44.7. The molecule has 7 rings (SSSR count). The fourth-order valence-corrected chi connectivity index (χ4v) is 8.02. The monoisotopic (exact) mass is 765 g/mol. The van der Waals surface area contributed by atoms with Crippen molar-refractivity contribution in [2.75, 3.05) is 36.1 Å². The minimum Gasteiger partial charge on any atom is -0.490 e. The fourth-order valence-electron chi connectivity index (χ4n) is 7.24. The van der Waals surface area contributed by atoms with Gasteiger partial charge in [0.15, 0.2) is 11.5 Å². The molecule has 4 amide bonds. The Morgan fingerprint density at radius 1 is 0.878 bits per heavy atom. The number of benzene rings is 4. The number of amides is 4. The maximum atomic E-state index is 14.3. The molecule has 0 bridgehead atoms. The Morgan fingerprint density at radius 2 is 1.49 bits per heavy atom. The lowest BCUT2D eigenvalue weighted by molar-refractivity contribution is -0.122. The third kappa shape index (κ3) is 6.23. The number of nitrogens with one attached hydrogen (secondary N) is 1. The van der Waals surface area contributed by atoms with Gasteiger partial charge in [0.2, 0.25) is 0 Å². The topological polar surface area (TPSA) is 88.2 Å². The van der Waals surface area contributed by atoms with Gasteiger partial charge in [0, 0.05) is 30.6 Å². The van der Waals surface area contributed by atoms with Crippen molar-refractivity contribution in [1.29, 1.82) is 0 Å². The Hall–Kier alpha value is -4.90. The number of carbonyl (C=O) groups is 3. The lowest BCUT2D eigenvalue weighted by atomic mass is 9.76. The van der Waals surface area contributed by atoms with Crippen LogP contribution in [0.15, 0.2) is 103 Å². The first kappa shape index (κ1) is 32.6. The highest BCUT2D eigenvalue weighted by Gasteiger charge is 2.40. The van der Waals surface area contributed by atoms with E-state index in [4.69, 9.17) is 9.47 Å². The Bertz CT molecular complexity index is 1900. The van der Waals surface area contributed by atoms with Crippen LogP contribution in [0.5, 0.6) is 11.5 Å². The van der Waals surface area contributed by atoms with E-state index in [1.165, 1.54) is 22.9 Å². The highest BCUT2D eigenvalue weighted by molar-refractivity contribution is 14.1. The number of barbiturate groups is 1. The van der Waals surface area contributed by atoms with Crippen LogP contribution in [0.2, 0.25) is 0 Å². The number of rotatable bonds is 9. The molecule has 8 nitrogen and oxygen atoms in total. The minimum absolute atomic E-state index is 0.0844. The molecule has 0 aliphatic carbocycles. The molecule has 4 aromatic rings. The van der Waals surface area contributed by atoms with Gasteiger partial charge in [-0.25, -0.2) is 9.69 Å². The molecule has 49 heavy (non-hydrogen) atoms. The molecule has 0 saturated carbocycles. The molecule has 1 N–H and O–H groups in total. The minimum atomic E-state index is -0.770. The van der Waals surface area contributed by atoms with E-state index >= 15 is 0 Å². The van der Waals surface area contributed by atoms with Gasteiger partial charge < -0.3 is 14.4 Å². The lowest BCUT2D eigenvalue weighted by Crippen LogP contribution is -2.54. The Labute approximate surface area is 299 Å². The first-order chi connectivity index (χ1) is 23.9. The van der Waals surface area contributed by atoms with E-state index in [0.29, 0.717) is 36.0 Å². The summed E-state index contributed by atoms with van der Waals surface area (Å²) in [7, 11) is 0. The van der Waals surface area contributed by atoms with Crippen LogP contribution < -0.4 is 24.6 Å². The van der Waals surface area contributed by atoms with Gasteiger partial charge in [-0.1, -0.05) is 73.3 Å². The predicted molar refractivity (Wildman–Crippen MR) is 199 cm³/mol. The molecule has 3 heterocycles. The second-order valence-electron chi connectivity index (χ2n) is 12.3. The standard InChI is InChI=1S/C40H36IN3O5/c1-3-19-49-37-34(41)21-25(22-35(37)48-4-2)20-33-38(45)42-40(47)44(39(33)46)28-23-31-29(26-11-7-5-8-12-26)15-17-43-18-16-30(32(24-28)36(31)43)27-13-9-6-10-14-27/h3,5-14,20-24,29-30H,1,4,15-19H2,2H3,(H,42,45,47)/b33-20+/t29-,30+. The van der Waals surface area contributed by atoms with Crippen LogP contribution in [-0.4, -0.2) is 44.1 Å². The Morgan fingerprint density at radius 3 is 2.06 bits per heavy atom. The molecule has 0 spiro atoms. The highest BCUT2D eigenvalue weighted by atomic mass is 127. The van der Waals surface area contributed by atoms with Crippen molar-refractivity contribution in [3.05, 3.63) is 135 Å². The number of anilines is 2. The summed E-state index contributed by atoms with van der Waals surface area (Å²) >= 11 is 2.14. The Balaban J connectivity index is 1.35. The zero-order chi connectivity index (χ0) is 34.1. The van der Waals surface area contributed by atoms with Crippen LogP contribution in [0, 0.1) is 3.57 Å². The average molecular weight is 766 g/mol. The average Bonchev–Trinajstić information content (AvgIpc) is 3.11. The summed E-state index contributed by atoms with van der Waals surface area (Å²) in [6.07, 6.45) is 4.97. The zero-order valence-corrected chi connectivity index (χ0v) is 29.3. The van der Waals surface area contributed by atoms with Crippen molar-refractivity contribution in [3.8, 4) is 11.5 Å². The normalized spacial score (nSPS) is 19.4. The number of nitrogens with zero attached hydrogens (tertiary/aromatic N) is 2. The second kappa shape index (κ2) is 13.9. The molecule has 9 heteroatoms. The highest BCUT2D eigenvalue weighted by Crippen LogP contribution is 2.50. The molecule has 3 aliphatic rings. The third-order valence-corrected chi connectivity index (χ3v) is 10.1. The van der Waals surface area contributed by atoms with Gasteiger partial charge in [-0.2, -0.15) is 0 Å². The first-order valence-electron chi connectivity index (χ1n) is 16.5. The third-order valence-electron chi connectivity index (χ3n) is 9.35. The van der Waals surface area contributed by atoms with Gasteiger partial charge in [-0.15, -0.1) is 0 Å². The van der Waals surface area contributed by atoms with E-state index in [0.717, 1.165) is 45.5 Å². The number of hydrogen-bond acceptors (Lipinski definition) is 6. The molecule has 4 aromatic carbocycles.